The van der Waals surface area contributed by atoms with Crippen LogP contribution in [-0.4, -0.2) is 42.0 Å². The standard InChI is InChI=1S/C24H20N4O2S/c25-16-17-6-8-18(9-7-17)27-12-3-13-28(15-14-27)24(29)21-11-10-20(30-21)23-26-19-4-1-2-5-22(19)31-23/h1-2,4-11H,3,12-15H2. The molecule has 31 heavy (non-hydrogen) atoms. The van der Waals surface area contributed by atoms with Gasteiger partial charge in [-0.2, -0.15) is 5.26 Å². The number of furan rings is 1. The van der Waals surface area contributed by atoms with Gasteiger partial charge in [-0.05, 0) is 55.0 Å². The fourth-order valence-electron chi connectivity index (χ4n) is 3.83. The predicted molar refractivity (Wildman–Crippen MR) is 121 cm³/mol. The number of anilines is 1. The Morgan fingerprint density at radius 2 is 1.84 bits per heavy atom. The van der Waals surface area contributed by atoms with Crippen LogP contribution in [0.5, 0.6) is 0 Å². The van der Waals surface area contributed by atoms with Gasteiger partial charge in [-0.15, -0.1) is 11.3 Å². The Labute approximate surface area is 184 Å². The first kappa shape index (κ1) is 19.3. The number of thiazole rings is 1. The first-order valence-electron chi connectivity index (χ1n) is 10.2. The van der Waals surface area contributed by atoms with Crippen molar-refractivity contribution in [1.82, 2.24) is 9.88 Å². The normalized spacial score (nSPS) is 14.4. The number of fused-ring (bicyclic) bond motifs is 1. The van der Waals surface area contributed by atoms with Crippen LogP contribution in [0.4, 0.5) is 5.69 Å². The summed E-state index contributed by atoms with van der Waals surface area (Å²) in [5.74, 6) is 0.883. The number of carbonyl (C=O) groups excluding carboxylic acids is 1. The van der Waals surface area contributed by atoms with Crippen LogP contribution < -0.4 is 4.90 Å². The lowest BCUT2D eigenvalue weighted by Gasteiger charge is -2.23. The number of nitriles is 1. The molecule has 7 heteroatoms. The molecule has 1 aliphatic rings. The second kappa shape index (κ2) is 8.25. The lowest BCUT2D eigenvalue weighted by atomic mass is 10.2. The number of hydrogen-bond donors (Lipinski definition) is 0. The zero-order valence-electron chi connectivity index (χ0n) is 16.8. The Morgan fingerprint density at radius 3 is 2.65 bits per heavy atom. The minimum Gasteiger partial charge on any atom is -0.448 e. The van der Waals surface area contributed by atoms with Gasteiger partial charge in [0, 0.05) is 31.9 Å². The Kier molecular flexibility index (Phi) is 5.14. The van der Waals surface area contributed by atoms with Gasteiger partial charge in [-0.25, -0.2) is 4.98 Å². The highest BCUT2D eigenvalue weighted by Crippen LogP contribution is 2.31. The number of hydrogen-bond acceptors (Lipinski definition) is 6. The van der Waals surface area contributed by atoms with Gasteiger partial charge in [0.05, 0.1) is 21.8 Å². The Hall–Kier alpha value is -3.63. The summed E-state index contributed by atoms with van der Waals surface area (Å²) in [7, 11) is 0. The SMILES string of the molecule is N#Cc1ccc(N2CCCN(C(=O)c3ccc(-c4nc5ccccc5s4)o3)CC2)cc1. The minimum absolute atomic E-state index is 0.0889. The van der Waals surface area contributed by atoms with Crippen LogP contribution >= 0.6 is 11.3 Å². The molecule has 0 spiro atoms. The molecule has 1 amide bonds. The van der Waals surface area contributed by atoms with Crippen LogP contribution in [0, 0.1) is 11.3 Å². The van der Waals surface area contributed by atoms with Gasteiger partial charge in [-0.1, -0.05) is 12.1 Å². The van der Waals surface area contributed by atoms with Crippen LogP contribution in [0.2, 0.25) is 0 Å². The van der Waals surface area contributed by atoms with Crippen LogP contribution in [-0.2, 0) is 0 Å². The molecule has 0 N–H and O–H groups in total. The van der Waals surface area contributed by atoms with E-state index in [1.807, 2.05) is 59.5 Å². The van der Waals surface area contributed by atoms with Gasteiger partial charge >= 0.3 is 0 Å². The zero-order chi connectivity index (χ0) is 21.2. The number of rotatable bonds is 3. The Balaban J connectivity index is 1.28. The second-order valence-corrected chi connectivity index (χ2v) is 8.47. The van der Waals surface area contributed by atoms with Crippen molar-refractivity contribution in [2.75, 3.05) is 31.1 Å². The number of carbonyl (C=O) groups is 1. The van der Waals surface area contributed by atoms with Crippen molar-refractivity contribution in [2.24, 2.45) is 0 Å². The minimum atomic E-state index is -0.0889. The van der Waals surface area contributed by atoms with E-state index in [9.17, 15) is 4.79 Å². The Morgan fingerprint density at radius 1 is 1.00 bits per heavy atom. The van der Waals surface area contributed by atoms with Crippen molar-refractivity contribution in [3.05, 3.63) is 72.0 Å². The van der Waals surface area contributed by atoms with E-state index in [1.54, 1.807) is 17.4 Å². The molecule has 6 nitrogen and oxygen atoms in total. The molecular weight excluding hydrogens is 408 g/mol. The van der Waals surface area contributed by atoms with Gasteiger partial charge in [-0.3, -0.25) is 4.79 Å². The summed E-state index contributed by atoms with van der Waals surface area (Å²) in [5, 5.41) is 9.76. The Bertz CT molecular complexity index is 1240. The smallest absolute Gasteiger partial charge is 0.289 e. The molecule has 0 bridgehead atoms. The van der Waals surface area contributed by atoms with E-state index in [-0.39, 0.29) is 5.91 Å². The number of amides is 1. The molecule has 4 aromatic rings. The molecule has 0 aliphatic carbocycles. The van der Waals surface area contributed by atoms with Gasteiger partial charge < -0.3 is 14.2 Å². The van der Waals surface area contributed by atoms with Crippen molar-refractivity contribution < 1.29 is 9.21 Å². The largest absolute Gasteiger partial charge is 0.448 e. The van der Waals surface area contributed by atoms with Crippen LogP contribution in [0.3, 0.4) is 0 Å². The quantitative estimate of drug-likeness (QED) is 0.469. The summed E-state index contributed by atoms with van der Waals surface area (Å²) in [6.07, 6.45) is 0.872. The van der Waals surface area contributed by atoms with Gasteiger partial charge in [0.15, 0.2) is 16.5 Å². The lowest BCUT2D eigenvalue weighted by Crippen LogP contribution is -2.35. The lowest BCUT2D eigenvalue weighted by molar-refractivity contribution is 0.0736. The number of para-hydroxylation sites is 1. The maximum atomic E-state index is 13.1. The van der Waals surface area contributed by atoms with Crippen molar-refractivity contribution in [3.63, 3.8) is 0 Å². The van der Waals surface area contributed by atoms with E-state index in [0.717, 1.165) is 40.4 Å². The van der Waals surface area contributed by atoms with Crippen molar-refractivity contribution in [2.45, 2.75) is 6.42 Å². The molecular formula is C24H20N4O2S. The molecule has 2 aromatic heterocycles. The average Bonchev–Trinajstić information content (AvgIpc) is 3.40. The summed E-state index contributed by atoms with van der Waals surface area (Å²) in [6.45, 7) is 2.91. The third-order valence-corrected chi connectivity index (χ3v) is 6.52. The summed E-state index contributed by atoms with van der Waals surface area (Å²) >= 11 is 1.56. The molecule has 3 heterocycles. The fraction of sp³-hybridized carbons (Fsp3) is 0.208. The topological polar surface area (TPSA) is 73.4 Å². The number of benzene rings is 2. The number of aromatic nitrogens is 1. The molecule has 1 fully saturated rings. The molecule has 1 saturated heterocycles. The first-order chi connectivity index (χ1) is 15.2. The summed E-state index contributed by atoms with van der Waals surface area (Å²) in [5.41, 5.74) is 2.66. The summed E-state index contributed by atoms with van der Waals surface area (Å²) in [4.78, 5) is 21.8. The highest BCUT2D eigenvalue weighted by atomic mass is 32.1. The van der Waals surface area contributed by atoms with E-state index < -0.39 is 0 Å². The third-order valence-electron chi connectivity index (χ3n) is 5.47. The summed E-state index contributed by atoms with van der Waals surface area (Å²) < 4.78 is 7.00. The van der Waals surface area contributed by atoms with E-state index in [4.69, 9.17) is 9.68 Å². The van der Waals surface area contributed by atoms with Crippen LogP contribution in [0.15, 0.2) is 65.1 Å². The monoisotopic (exact) mass is 428 g/mol. The molecule has 0 atom stereocenters. The van der Waals surface area contributed by atoms with E-state index in [2.05, 4.69) is 16.0 Å². The highest BCUT2D eigenvalue weighted by molar-refractivity contribution is 7.21. The van der Waals surface area contributed by atoms with Gasteiger partial charge in [0.2, 0.25) is 0 Å². The molecule has 0 unspecified atom stereocenters. The molecule has 1 aliphatic heterocycles. The molecule has 5 rings (SSSR count). The second-order valence-electron chi connectivity index (χ2n) is 7.44. The average molecular weight is 429 g/mol. The highest BCUT2D eigenvalue weighted by Gasteiger charge is 2.23. The molecule has 0 radical (unpaired) electrons. The van der Waals surface area contributed by atoms with Gasteiger partial charge in [0.1, 0.15) is 0 Å². The fourth-order valence-corrected chi connectivity index (χ4v) is 4.75. The van der Waals surface area contributed by atoms with Crippen molar-refractivity contribution in [1.29, 1.82) is 5.26 Å². The van der Waals surface area contributed by atoms with Crippen LogP contribution in [0.1, 0.15) is 22.5 Å². The molecule has 154 valence electrons. The maximum absolute atomic E-state index is 13.1. The third kappa shape index (κ3) is 3.90. The van der Waals surface area contributed by atoms with Crippen molar-refractivity contribution >= 4 is 33.1 Å². The van der Waals surface area contributed by atoms with E-state index in [0.29, 0.717) is 30.2 Å². The predicted octanol–water partition coefficient (Wildman–Crippen LogP) is 4.78. The maximum Gasteiger partial charge on any atom is 0.289 e. The zero-order valence-corrected chi connectivity index (χ0v) is 17.6. The van der Waals surface area contributed by atoms with E-state index in [1.165, 1.54) is 0 Å². The number of nitrogens with zero attached hydrogens (tertiary/aromatic N) is 4. The van der Waals surface area contributed by atoms with Crippen LogP contribution in [0.25, 0.3) is 21.0 Å². The van der Waals surface area contributed by atoms with Gasteiger partial charge in [0.25, 0.3) is 5.91 Å². The summed E-state index contributed by atoms with van der Waals surface area (Å²) in [6, 6.07) is 21.3. The van der Waals surface area contributed by atoms with Crippen molar-refractivity contribution in [3.8, 4) is 16.8 Å². The first-order valence-corrected chi connectivity index (χ1v) is 11.0. The van der Waals surface area contributed by atoms with E-state index >= 15 is 0 Å². The molecule has 2 aromatic carbocycles. The molecule has 0 saturated carbocycles.